The Morgan fingerprint density at radius 2 is 1.88 bits per heavy atom. The summed E-state index contributed by atoms with van der Waals surface area (Å²) in [6.07, 6.45) is 6.22. The van der Waals surface area contributed by atoms with Crippen molar-refractivity contribution in [1.82, 2.24) is 15.1 Å². The monoisotopic (exact) mass is 349 g/mol. The number of halogens is 1. The minimum atomic E-state index is -0.0171. The van der Waals surface area contributed by atoms with Crippen molar-refractivity contribution in [3.63, 3.8) is 0 Å². The Morgan fingerprint density at radius 3 is 2.54 bits per heavy atom. The fourth-order valence-electron chi connectivity index (χ4n) is 4.07. The van der Waals surface area contributed by atoms with Crippen molar-refractivity contribution < 1.29 is 4.79 Å². The van der Waals surface area contributed by atoms with E-state index in [-0.39, 0.29) is 11.4 Å². The van der Waals surface area contributed by atoms with Crippen LogP contribution in [0.25, 0.3) is 0 Å². The molecule has 0 radical (unpaired) electrons. The number of amides is 1. The molecule has 3 rings (SSSR count). The Labute approximate surface area is 150 Å². The molecule has 24 heavy (non-hydrogen) atoms. The predicted octanol–water partition coefficient (Wildman–Crippen LogP) is 3.02. The zero-order valence-electron chi connectivity index (χ0n) is 14.6. The van der Waals surface area contributed by atoms with Gasteiger partial charge in [-0.05, 0) is 38.1 Å². The molecule has 0 spiro atoms. The molecule has 2 fully saturated rings. The van der Waals surface area contributed by atoms with Crippen LogP contribution >= 0.6 is 11.6 Å². The van der Waals surface area contributed by atoms with Gasteiger partial charge in [-0.3, -0.25) is 9.69 Å². The SMILES string of the molecule is CN1CCN(C2(CNC(=O)c3cccc(Cl)c3)CCCCC2)CC1. The second-order valence-corrected chi connectivity index (χ2v) is 7.70. The Hall–Kier alpha value is -1.10. The van der Waals surface area contributed by atoms with E-state index in [0.29, 0.717) is 10.6 Å². The fourth-order valence-corrected chi connectivity index (χ4v) is 4.26. The van der Waals surface area contributed by atoms with Gasteiger partial charge in [-0.1, -0.05) is 36.9 Å². The summed E-state index contributed by atoms with van der Waals surface area (Å²) in [6, 6.07) is 7.18. The van der Waals surface area contributed by atoms with E-state index in [1.165, 1.54) is 32.1 Å². The zero-order valence-corrected chi connectivity index (χ0v) is 15.3. The quantitative estimate of drug-likeness (QED) is 0.907. The minimum Gasteiger partial charge on any atom is -0.350 e. The van der Waals surface area contributed by atoms with E-state index in [0.717, 1.165) is 32.7 Å². The molecule has 1 amide bonds. The number of nitrogens with one attached hydrogen (secondary N) is 1. The van der Waals surface area contributed by atoms with E-state index < -0.39 is 0 Å². The highest BCUT2D eigenvalue weighted by Gasteiger charge is 2.39. The molecule has 1 aromatic carbocycles. The van der Waals surface area contributed by atoms with E-state index in [1.54, 1.807) is 12.1 Å². The van der Waals surface area contributed by atoms with Gasteiger partial charge >= 0.3 is 0 Å². The third-order valence-electron chi connectivity index (χ3n) is 5.62. The van der Waals surface area contributed by atoms with Crippen LogP contribution < -0.4 is 5.32 Å². The number of benzene rings is 1. The van der Waals surface area contributed by atoms with E-state index >= 15 is 0 Å². The normalized spacial score (nSPS) is 22.2. The van der Waals surface area contributed by atoms with Gasteiger partial charge in [-0.2, -0.15) is 0 Å². The van der Waals surface area contributed by atoms with Crippen LogP contribution in [0.2, 0.25) is 5.02 Å². The van der Waals surface area contributed by atoms with Crippen LogP contribution in [0.3, 0.4) is 0 Å². The van der Waals surface area contributed by atoms with Crippen LogP contribution in [-0.2, 0) is 0 Å². The van der Waals surface area contributed by atoms with Gasteiger partial charge < -0.3 is 10.2 Å². The molecular weight excluding hydrogens is 322 g/mol. The molecule has 0 unspecified atom stereocenters. The zero-order chi connectivity index (χ0) is 17.0. The molecule has 5 heteroatoms. The lowest BCUT2D eigenvalue weighted by Gasteiger charge is -2.49. The summed E-state index contributed by atoms with van der Waals surface area (Å²) in [4.78, 5) is 17.5. The average molecular weight is 350 g/mol. The van der Waals surface area contributed by atoms with Gasteiger partial charge in [0.05, 0.1) is 0 Å². The van der Waals surface area contributed by atoms with Crippen molar-refractivity contribution in [2.45, 2.75) is 37.6 Å². The summed E-state index contributed by atoms with van der Waals surface area (Å²) in [5.74, 6) is -0.0171. The second kappa shape index (κ2) is 7.85. The van der Waals surface area contributed by atoms with Crippen LogP contribution in [0.15, 0.2) is 24.3 Å². The molecular formula is C19H28ClN3O. The molecule has 1 saturated heterocycles. The smallest absolute Gasteiger partial charge is 0.251 e. The van der Waals surface area contributed by atoms with Gasteiger partial charge in [0.2, 0.25) is 0 Å². The topological polar surface area (TPSA) is 35.6 Å². The van der Waals surface area contributed by atoms with E-state index in [2.05, 4.69) is 22.2 Å². The highest BCUT2D eigenvalue weighted by Crippen LogP contribution is 2.34. The van der Waals surface area contributed by atoms with Gasteiger partial charge in [0.15, 0.2) is 0 Å². The van der Waals surface area contributed by atoms with E-state index in [9.17, 15) is 4.79 Å². The van der Waals surface area contributed by atoms with Crippen molar-refractivity contribution in [3.05, 3.63) is 34.9 Å². The van der Waals surface area contributed by atoms with Crippen molar-refractivity contribution in [3.8, 4) is 0 Å². The maximum atomic E-state index is 12.5. The summed E-state index contributed by atoms with van der Waals surface area (Å²) < 4.78 is 0. The standard InChI is InChI=1S/C19H28ClN3O/c1-22-10-12-23(13-11-22)19(8-3-2-4-9-19)15-21-18(24)16-6-5-7-17(20)14-16/h5-7,14H,2-4,8-13,15H2,1H3,(H,21,24). The van der Waals surface area contributed by atoms with E-state index in [1.807, 2.05) is 12.1 Å². The van der Waals surface area contributed by atoms with Gasteiger partial charge in [0.1, 0.15) is 0 Å². The first-order chi connectivity index (χ1) is 11.6. The molecule has 2 aliphatic rings. The lowest BCUT2D eigenvalue weighted by molar-refractivity contribution is 0.0138. The molecule has 1 aliphatic carbocycles. The molecule has 1 saturated carbocycles. The molecule has 1 heterocycles. The van der Waals surface area contributed by atoms with Gasteiger partial charge in [-0.15, -0.1) is 0 Å². The first-order valence-electron chi connectivity index (χ1n) is 9.06. The Bertz CT molecular complexity index is 563. The first kappa shape index (κ1) is 17.7. The largest absolute Gasteiger partial charge is 0.350 e. The number of carbonyl (C=O) groups is 1. The van der Waals surface area contributed by atoms with Gasteiger partial charge in [-0.25, -0.2) is 0 Å². The predicted molar refractivity (Wildman–Crippen MR) is 98.7 cm³/mol. The van der Waals surface area contributed by atoms with Crippen molar-refractivity contribution in [2.75, 3.05) is 39.8 Å². The van der Waals surface area contributed by atoms with Crippen LogP contribution in [0.4, 0.5) is 0 Å². The number of nitrogens with zero attached hydrogens (tertiary/aromatic N) is 2. The summed E-state index contributed by atoms with van der Waals surface area (Å²) in [6.45, 7) is 5.17. The number of hydrogen-bond donors (Lipinski definition) is 1. The first-order valence-corrected chi connectivity index (χ1v) is 9.44. The van der Waals surface area contributed by atoms with Gasteiger partial charge in [0, 0.05) is 48.8 Å². The highest BCUT2D eigenvalue weighted by atomic mass is 35.5. The van der Waals surface area contributed by atoms with Crippen LogP contribution in [0, 0.1) is 0 Å². The van der Waals surface area contributed by atoms with Crippen LogP contribution in [0.1, 0.15) is 42.5 Å². The number of hydrogen-bond acceptors (Lipinski definition) is 3. The summed E-state index contributed by atoms with van der Waals surface area (Å²) in [5.41, 5.74) is 0.778. The van der Waals surface area contributed by atoms with E-state index in [4.69, 9.17) is 11.6 Å². The molecule has 1 aromatic rings. The van der Waals surface area contributed by atoms with Crippen molar-refractivity contribution >= 4 is 17.5 Å². The lowest BCUT2D eigenvalue weighted by Crippen LogP contribution is -2.61. The second-order valence-electron chi connectivity index (χ2n) is 7.27. The Balaban J connectivity index is 1.67. The maximum absolute atomic E-state index is 12.5. The summed E-state index contributed by atoms with van der Waals surface area (Å²) in [5, 5.41) is 3.80. The van der Waals surface area contributed by atoms with Crippen molar-refractivity contribution in [1.29, 1.82) is 0 Å². The fraction of sp³-hybridized carbons (Fsp3) is 0.632. The number of carbonyl (C=O) groups excluding carboxylic acids is 1. The molecule has 1 N–H and O–H groups in total. The van der Waals surface area contributed by atoms with Crippen LogP contribution in [-0.4, -0.2) is 61.0 Å². The highest BCUT2D eigenvalue weighted by molar-refractivity contribution is 6.30. The molecule has 1 aliphatic heterocycles. The van der Waals surface area contributed by atoms with Crippen molar-refractivity contribution in [2.24, 2.45) is 0 Å². The Kier molecular flexibility index (Phi) is 5.80. The number of piperazine rings is 1. The maximum Gasteiger partial charge on any atom is 0.251 e. The van der Waals surface area contributed by atoms with Crippen LogP contribution in [0.5, 0.6) is 0 Å². The third-order valence-corrected chi connectivity index (χ3v) is 5.86. The summed E-state index contributed by atoms with van der Waals surface area (Å²) in [7, 11) is 2.19. The number of rotatable bonds is 4. The minimum absolute atomic E-state index is 0.0171. The Morgan fingerprint density at radius 1 is 1.17 bits per heavy atom. The molecule has 132 valence electrons. The van der Waals surface area contributed by atoms with Gasteiger partial charge in [0.25, 0.3) is 5.91 Å². The number of likely N-dealkylation sites (N-methyl/N-ethyl adjacent to an activating group) is 1. The molecule has 0 bridgehead atoms. The summed E-state index contributed by atoms with van der Waals surface area (Å²) >= 11 is 6.01. The molecule has 4 nitrogen and oxygen atoms in total. The molecule has 0 atom stereocenters. The average Bonchev–Trinajstić information content (AvgIpc) is 2.61. The third kappa shape index (κ3) is 4.11. The lowest BCUT2D eigenvalue weighted by atomic mass is 9.79. The molecule has 0 aromatic heterocycles.